The molecule has 142 valence electrons. The Kier molecular flexibility index (Phi) is 4.46. The first-order valence-corrected chi connectivity index (χ1v) is 9.15. The lowest BCUT2D eigenvalue weighted by atomic mass is 10.1. The molecular weight excluding hydrogens is 344 g/mol. The normalized spacial score (nSPS) is 24.5. The summed E-state index contributed by atoms with van der Waals surface area (Å²) in [7, 11) is 0. The number of alkyl halides is 2. The van der Waals surface area contributed by atoms with Gasteiger partial charge in [-0.3, -0.25) is 4.79 Å². The first-order chi connectivity index (χ1) is 12.5. The summed E-state index contributed by atoms with van der Waals surface area (Å²) in [6, 6.07) is 3.01. The van der Waals surface area contributed by atoms with Gasteiger partial charge in [0, 0.05) is 6.54 Å². The van der Waals surface area contributed by atoms with Crippen molar-refractivity contribution in [2.24, 2.45) is 5.92 Å². The third kappa shape index (κ3) is 3.47. The number of aromatic nitrogens is 1. The summed E-state index contributed by atoms with van der Waals surface area (Å²) >= 11 is 0. The molecule has 1 aromatic rings. The standard InChI is InChI=1S/C18H23F2N3O3/c19-18(20)10-22(11-18)15-6-5-14(21-16(15)26-9-12-3-4-12)17(25)23-7-1-2-13(23)8-24/h5-6,12-13,24H,1-4,7-11H2/t13-/m0/s1. The van der Waals surface area contributed by atoms with Gasteiger partial charge in [0.15, 0.2) is 0 Å². The van der Waals surface area contributed by atoms with E-state index in [1.54, 1.807) is 17.0 Å². The van der Waals surface area contributed by atoms with Crippen LogP contribution in [0.15, 0.2) is 12.1 Å². The predicted octanol–water partition coefficient (Wildman–Crippen LogP) is 1.92. The number of anilines is 1. The van der Waals surface area contributed by atoms with Crippen LogP contribution in [0, 0.1) is 5.92 Å². The van der Waals surface area contributed by atoms with Gasteiger partial charge < -0.3 is 19.6 Å². The molecule has 1 aliphatic carbocycles. The monoisotopic (exact) mass is 367 g/mol. The van der Waals surface area contributed by atoms with Crippen LogP contribution in [0.1, 0.15) is 36.2 Å². The van der Waals surface area contributed by atoms with Crippen LogP contribution in [-0.4, -0.2) is 65.7 Å². The molecule has 2 saturated heterocycles. The topological polar surface area (TPSA) is 65.9 Å². The van der Waals surface area contributed by atoms with Crippen molar-refractivity contribution >= 4 is 11.6 Å². The molecule has 6 nitrogen and oxygen atoms in total. The molecule has 1 atom stereocenters. The molecule has 1 aromatic heterocycles. The number of hydrogen-bond acceptors (Lipinski definition) is 5. The van der Waals surface area contributed by atoms with Gasteiger partial charge in [-0.25, -0.2) is 13.8 Å². The van der Waals surface area contributed by atoms with Crippen molar-refractivity contribution in [2.45, 2.75) is 37.6 Å². The molecule has 3 heterocycles. The maximum Gasteiger partial charge on any atom is 0.282 e. The fourth-order valence-corrected chi connectivity index (χ4v) is 3.50. The van der Waals surface area contributed by atoms with Gasteiger partial charge in [0.25, 0.3) is 11.8 Å². The number of amides is 1. The summed E-state index contributed by atoms with van der Waals surface area (Å²) in [5, 5.41) is 9.43. The number of hydrogen-bond donors (Lipinski definition) is 1. The number of ether oxygens (including phenoxy) is 1. The van der Waals surface area contributed by atoms with Gasteiger partial charge in [0.05, 0.1) is 32.3 Å². The van der Waals surface area contributed by atoms with Gasteiger partial charge in [0.2, 0.25) is 5.88 Å². The summed E-state index contributed by atoms with van der Waals surface area (Å²) in [6.45, 7) is 0.285. The van der Waals surface area contributed by atoms with Crippen LogP contribution in [0.3, 0.4) is 0 Å². The molecule has 1 saturated carbocycles. The average Bonchev–Trinajstić information content (AvgIpc) is 3.31. The van der Waals surface area contributed by atoms with Crippen molar-refractivity contribution in [3.8, 4) is 5.88 Å². The van der Waals surface area contributed by atoms with Gasteiger partial charge in [-0.05, 0) is 43.7 Å². The highest BCUT2D eigenvalue weighted by Gasteiger charge is 2.45. The summed E-state index contributed by atoms with van der Waals surface area (Å²) in [5.41, 5.74) is 0.737. The van der Waals surface area contributed by atoms with E-state index in [0.717, 1.165) is 25.7 Å². The van der Waals surface area contributed by atoms with E-state index < -0.39 is 5.92 Å². The Bertz CT molecular complexity index is 688. The molecule has 26 heavy (non-hydrogen) atoms. The molecule has 0 unspecified atom stereocenters. The zero-order valence-corrected chi connectivity index (χ0v) is 14.5. The van der Waals surface area contributed by atoms with Crippen LogP contribution >= 0.6 is 0 Å². The summed E-state index contributed by atoms with van der Waals surface area (Å²) in [5.74, 6) is -2.21. The number of aliphatic hydroxyl groups excluding tert-OH is 1. The molecular formula is C18H23F2N3O3. The fraction of sp³-hybridized carbons (Fsp3) is 0.667. The Hall–Kier alpha value is -1.96. The molecule has 8 heteroatoms. The van der Waals surface area contributed by atoms with Gasteiger partial charge in [-0.15, -0.1) is 0 Å². The molecule has 1 amide bonds. The average molecular weight is 367 g/mol. The summed E-state index contributed by atoms with van der Waals surface area (Å²) < 4.78 is 32.2. The summed E-state index contributed by atoms with van der Waals surface area (Å²) in [6.07, 6.45) is 3.82. The van der Waals surface area contributed by atoms with E-state index in [1.807, 2.05) is 0 Å². The van der Waals surface area contributed by atoms with E-state index >= 15 is 0 Å². The molecule has 0 bridgehead atoms. The Morgan fingerprint density at radius 2 is 2.08 bits per heavy atom. The second-order valence-electron chi connectivity index (χ2n) is 7.46. The largest absolute Gasteiger partial charge is 0.476 e. The lowest BCUT2D eigenvalue weighted by Gasteiger charge is -2.40. The highest BCUT2D eigenvalue weighted by atomic mass is 19.3. The molecule has 0 spiro atoms. The number of carbonyl (C=O) groups is 1. The lowest BCUT2D eigenvalue weighted by Crippen LogP contribution is -2.56. The van der Waals surface area contributed by atoms with Crippen molar-refractivity contribution in [2.75, 3.05) is 37.7 Å². The number of aliphatic hydroxyl groups is 1. The zero-order valence-electron chi connectivity index (χ0n) is 14.5. The smallest absolute Gasteiger partial charge is 0.282 e. The first kappa shape index (κ1) is 17.5. The second-order valence-corrected chi connectivity index (χ2v) is 7.46. The molecule has 1 N–H and O–H groups in total. The maximum atomic E-state index is 13.2. The molecule has 3 fully saturated rings. The second kappa shape index (κ2) is 6.64. The summed E-state index contributed by atoms with van der Waals surface area (Å²) in [4.78, 5) is 20.3. The van der Waals surface area contributed by atoms with Crippen LogP contribution in [0.5, 0.6) is 5.88 Å². The minimum Gasteiger partial charge on any atom is -0.476 e. The van der Waals surface area contributed by atoms with Crippen molar-refractivity contribution in [1.29, 1.82) is 0 Å². The van der Waals surface area contributed by atoms with Crippen molar-refractivity contribution < 1.29 is 23.4 Å². The van der Waals surface area contributed by atoms with Crippen LogP contribution in [0.4, 0.5) is 14.5 Å². The van der Waals surface area contributed by atoms with E-state index in [0.29, 0.717) is 24.8 Å². The van der Waals surface area contributed by atoms with E-state index in [-0.39, 0.29) is 43.2 Å². The first-order valence-electron chi connectivity index (χ1n) is 9.15. The molecule has 0 radical (unpaired) electrons. The third-order valence-electron chi connectivity index (χ3n) is 5.25. The Labute approximate surface area is 150 Å². The fourth-order valence-electron chi connectivity index (χ4n) is 3.50. The highest BCUT2D eigenvalue weighted by molar-refractivity contribution is 5.93. The maximum absolute atomic E-state index is 13.2. The number of carbonyl (C=O) groups excluding carboxylic acids is 1. The Balaban J connectivity index is 1.55. The quantitative estimate of drug-likeness (QED) is 0.832. The lowest BCUT2D eigenvalue weighted by molar-refractivity contribution is -0.0265. The third-order valence-corrected chi connectivity index (χ3v) is 5.25. The minimum atomic E-state index is -2.69. The number of nitrogens with zero attached hydrogens (tertiary/aromatic N) is 3. The van der Waals surface area contributed by atoms with Crippen molar-refractivity contribution in [3.63, 3.8) is 0 Å². The Morgan fingerprint density at radius 3 is 2.73 bits per heavy atom. The molecule has 3 aliphatic rings. The predicted molar refractivity (Wildman–Crippen MR) is 90.8 cm³/mol. The molecule has 4 rings (SSSR count). The van der Waals surface area contributed by atoms with E-state index in [2.05, 4.69) is 4.98 Å². The van der Waals surface area contributed by atoms with Crippen LogP contribution in [0.25, 0.3) is 0 Å². The van der Waals surface area contributed by atoms with Gasteiger partial charge in [-0.1, -0.05) is 0 Å². The highest BCUT2D eigenvalue weighted by Crippen LogP contribution is 2.38. The SMILES string of the molecule is O=C(c1ccc(N2CC(F)(F)C2)c(OCC2CC2)n1)N1CCC[C@H]1CO. The van der Waals surface area contributed by atoms with E-state index in [9.17, 15) is 18.7 Å². The molecule has 0 aromatic carbocycles. The zero-order chi connectivity index (χ0) is 18.3. The van der Waals surface area contributed by atoms with Crippen LogP contribution in [0.2, 0.25) is 0 Å². The van der Waals surface area contributed by atoms with Gasteiger partial charge in [0.1, 0.15) is 11.4 Å². The van der Waals surface area contributed by atoms with E-state index in [4.69, 9.17) is 4.74 Å². The van der Waals surface area contributed by atoms with Crippen molar-refractivity contribution in [3.05, 3.63) is 17.8 Å². The number of rotatable bonds is 6. The molecule has 2 aliphatic heterocycles. The number of pyridine rings is 1. The van der Waals surface area contributed by atoms with Gasteiger partial charge >= 0.3 is 0 Å². The van der Waals surface area contributed by atoms with Crippen LogP contribution in [-0.2, 0) is 0 Å². The van der Waals surface area contributed by atoms with Crippen LogP contribution < -0.4 is 9.64 Å². The van der Waals surface area contributed by atoms with Crippen molar-refractivity contribution in [1.82, 2.24) is 9.88 Å². The number of likely N-dealkylation sites (tertiary alicyclic amines) is 1. The Morgan fingerprint density at radius 1 is 1.31 bits per heavy atom. The van der Waals surface area contributed by atoms with E-state index in [1.165, 1.54) is 4.90 Å². The van der Waals surface area contributed by atoms with Gasteiger partial charge in [-0.2, -0.15) is 0 Å². The minimum absolute atomic E-state index is 0.0717. The number of halogens is 2.